The largest absolute Gasteiger partial charge is 0.452 e. The van der Waals surface area contributed by atoms with Crippen LogP contribution in [-0.4, -0.2) is 29.1 Å². The number of hydrogen-bond donors (Lipinski definition) is 1. The van der Waals surface area contributed by atoms with Crippen molar-refractivity contribution >= 4 is 23.2 Å². The third-order valence-corrected chi connectivity index (χ3v) is 4.90. The monoisotopic (exact) mass is 348 g/mol. The van der Waals surface area contributed by atoms with Gasteiger partial charge in [-0.25, -0.2) is 4.79 Å². The second-order valence-electron chi connectivity index (χ2n) is 5.90. The molecule has 6 heteroatoms. The van der Waals surface area contributed by atoms with E-state index in [2.05, 4.69) is 16.0 Å². The molecule has 0 radical (unpaired) electrons. The van der Waals surface area contributed by atoms with Crippen molar-refractivity contribution in [2.75, 3.05) is 6.61 Å². The molecule has 0 unspecified atom stereocenters. The Labute approximate surface area is 146 Å². The molecule has 1 amide bonds. The molecule has 2 aromatic heterocycles. The van der Waals surface area contributed by atoms with Crippen LogP contribution in [0.4, 0.5) is 0 Å². The molecule has 0 aliphatic rings. The number of hydrogen-bond acceptors (Lipinski definition) is 4. The molecule has 0 fully saturated rings. The molecule has 130 valence electrons. The first-order chi connectivity index (χ1) is 11.4. The Balaban J connectivity index is 2.01. The fourth-order valence-electron chi connectivity index (χ4n) is 2.44. The number of carbonyl (C=O) groups is 2. The van der Waals surface area contributed by atoms with Crippen LogP contribution in [0.25, 0.3) is 0 Å². The van der Waals surface area contributed by atoms with Crippen molar-refractivity contribution in [1.29, 1.82) is 0 Å². The number of nitrogens with one attached hydrogen (secondary N) is 1. The number of aryl methyl sites for hydroxylation is 1. The van der Waals surface area contributed by atoms with Gasteiger partial charge in [0.15, 0.2) is 6.61 Å². The predicted octanol–water partition coefficient (Wildman–Crippen LogP) is 3.29. The first-order valence-electron chi connectivity index (χ1n) is 8.08. The first kappa shape index (κ1) is 18.3. The summed E-state index contributed by atoms with van der Waals surface area (Å²) >= 11 is 1.68. The van der Waals surface area contributed by atoms with E-state index in [1.54, 1.807) is 11.3 Å². The number of amides is 1. The summed E-state index contributed by atoms with van der Waals surface area (Å²) in [6.07, 6.45) is 0.837. The van der Waals surface area contributed by atoms with Gasteiger partial charge < -0.3 is 14.6 Å². The van der Waals surface area contributed by atoms with Crippen LogP contribution in [0.2, 0.25) is 0 Å². The summed E-state index contributed by atoms with van der Waals surface area (Å²) in [5, 5.41) is 4.81. The van der Waals surface area contributed by atoms with Gasteiger partial charge >= 0.3 is 5.97 Å². The zero-order valence-electron chi connectivity index (χ0n) is 14.6. The van der Waals surface area contributed by atoms with Crippen LogP contribution in [0.15, 0.2) is 23.6 Å². The Hall–Kier alpha value is -2.08. The molecule has 0 bridgehead atoms. The highest BCUT2D eigenvalue weighted by Gasteiger charge is 2.18. The van der Waals surface area contributed by atoms with E-state index >= 15 is 0 Å². The molecule has 1 N–H and O–H groups in total. The van der Waals surface area contributed by atoms with Gasteiger partial charge in [-0.3, -0.25) is 4.79 Å². The maximum atomic E-state index is 12.3. The van der Waals surface area contributed by atoms with E-state index < -0.39 is 5.97 Å². The van der Waals surface area contributed by atoms with E-state index in [0.29, 0.717) is 5.56 Å². The summed E-state index contributed by atoms with van der Waals surface area (Å²) < 4.78 is 7.24. The highest BCUT2D eigenvalue weighted by atomic mass is 32.1. The molecule has 24 heavy (non-hydrogen) atoms. The Morgan fingerprint density at radius 2 is 2.12 bits per heavy atom. The van der Waals surface area contributed by atoms with Gasteiger partial charge in [0, 0.05) is 22.3 Å². The highest BCUT2D eigenvalue weighted by Crippen LogP contribution is 2.20. The molecule has 2 aromatic rings. The molecule has 0 aliphatic carbocycles. The standard InChI is InChI=1S/C18H24N2O3S/c1-5-12(2)19-17(21)11-23-18(22)16-9-13(3)20(14(16)4)10-15-7-6-8-24-15/h6-9,12H,5,10-11H2,1-4H3,(H,19,21)/t12-/m1/s1. The molecule has 2 rings (SSSR count). The van der Waals surface area contributed by atoms with Crippen LogP contribution < -0.4 is 5.32 Å². The molecule has 0 saturated heterocycles. The molecule has 2 heterocycles. The highest BCUT2D eigenvalue weighted by molar-refractivity contribution is 7.09. The first-order valence-corrected chi connectivity index (χ1v) is 8.96. The van der Waals surface area contributed by atoms with Gasteiger partial charge in [0.25, 0.3) is 5.91 Å². The smallest absolute Gasteiger partial charge is 0.340 e. The van der Waals surface area contributed by atoms with E-state index in [-0.39, 0.29) is 18.6 Å². The molecule has 0 spiro atoms. The minimum absolute atomic E-state index is 0.0760. The zero-order chi connectivity index (χ0) is 17.7. The molecule has 0 aliphatic heterocycles. The van der Waals surface area contributed by atoms with E-state index in [0.717, 1.165) is 24.4 Å². The summed E-state index contributed by atoms with van der Waals surface area (Å²) in [7, 11) is 0. The number of carbonyl (C=O) groups excluding carboxylic acids is 2. The second kappa shape index (κ2) is 8.15. The molecule has 5 nitrogen and oxygen atoms in total. The minimum Gasteiger partial charge on any atom is -0.452 e. The fourth-order valence-corrected chi connectivity index (χ4v) is 3.13. The summed E-state index contributed by atoms with van der Waals surface area (Å²) in [5.74, 6) is -0.732. The molecule has 1 atom stereocenters. The number of nitrogens with zero attached hydrogens (tertiary/aromatic N) is 1. The van der Waals surface area contributed by atoms with Gasteiger partial charge in [-0.15, -0.1) is 11.3 Å². The lowest BCUT2D eigenvalue weighted by Gasteiger charge is -2.11. The van der Waals surface area contributed by atoms with Crippen molar-refractivity contribution in [3.63, 3.8) is 0 Å². The van der Waals surface area contributed by atoms with Gasteiger partial charge in [0.1, 0.15) is 0 Å². The lowest BCUT2D eigenvalue weighted by atomic mass is 10.2. The van der Waals surface area contributed by atoms with Crippen molar-refractivity contribution in [2.24, 2.45) is 0 Å². The van der Waals surface area contributed by atoms with E-state index in [9.17, 15) is 9.59 Å². The molecular formula is C18H24N2O3S. The van der Waals surface area contributed by atoms with Crippen molar-refractivity contribution in [1.82, 2.24) is 9.88 Å². The quantitative estimate of drug-likeness (QED) is 0.781. The summed E-state index contributed by atoms with van der Waals surface area (Å²) in [5.41, 5.74) is 2.37. The van der Waals surface area contributed by atoms with Crippen molar-refractivity contribution in [2.45, 2.75) is 46.7 Å². The predicted molar refractivity (Wildman–Crippen MR) is 95.5 cm³/mol. The van der Waals surface area contributed by atoms with Crippen LogP contribution in [-0.2, 0) is 16.1 Å². The Morgan fingerprint density at radius 3 is 2.75 bits per heavy atom. The van der Waals surface area contributed by atoms with Crippen LogP contribution in [0.1, 0.15) is 46.9 Å². The third-order valence-electron chi connectivity index (χ3n) is 4.04. The van der Waals surface area contributed by atoms with Crippen molar-refractivity contribution < 1.29 is 14.3 Å². The Bertz CT molecular complexity index is 704. The summed E-state index contributed by atoms with van der Waals surface area (Å²) in [4.78, 5) is 25.2. The third kappa shape index (κ3) is 4.47. The molecule has 0 aromatic carbocycles. The van der Waals surface area contributed by atoms with E-state index in [4.69, 9.17) is 4.74 Å². The van der Waals surface area contributed by atoms with Crippen LogP contribution in [0.5, 0.6) is 0 Å². The van der Waals surface area contributed by atoms with Gasteiger partial charge in [0.2, 0.25) is 0 Å². The molecule has 0 saturated carbocycles. The number of esters is 1. The summed E-state index contributed by atoms with van der Waals surface area (Å²) in [6.45, 7) is 8.25. The number of ether oxygens (including phenoxy) is 1. The zero-order valence-corrected chi connectivity index (χ0v) is 15.4. The number of rotatable bonds is 7. The lowest BCUT2D eigenvalue weighted by Crippen LogP contribution is -2.35. The minimum atomic E-state index is -0.458. The average Bonchev–Trinajstić information content (AvgIpc) is 3.16. The van der Waals surface area contributed by atoms with Crippen molar-refractivity contribution in [3.8, 4) is 0 Å². The lowest BCUT2D eigenvalue weighted by molar-refractivity contribution is -0.124. The Morgan fingerprint density at radius 1 is 1.38 bits per heavy atom. The van der Waals surface area contributed by atoms with Gasteiger partial charge in [-0.1, -0.05) is 13.0 Å². The van der Waals surface area contributed by atoms with Gasteiger partial charge in [0.05, 0.1) is 12.1 Å². The van der Waals surface area contributed by atoms with Crippen LogP contribution in [0, 0.1) is 13.8 Å². The second-order valence-corrected chi connectivity index (χ2v) is 6.94. The normalized spacial score (nSPS) is 12.0. The van der Waals surface area contributed by atoms with Gasteiger partial charge in [-0.2, -0.15) is 0 Å². The van der Waals surface area contributed by atoms with E-state index in [1.807, 2.05) is 45.2 Å². The Kier molecular flexibility index (Phi) is 6.20. The number of aromatic nitrogens is 1. The van der Waals surface area contributed by atoms with E-state index in [1.165, 1.54) is 4.88 Å². The average molecular weight is 348 g/mol. The van der Waals surface area contributed by atoms with Crippen molar-refractivity contribution in [3.05, 3.63) is 45.4 Å². The maximum Gasteiger partial charge on any atom is 0.340 e. The molecular weight excluding hydrogens is 324 g/mol. The summed E-state index contributed by atoms with van der Waals surface area (Å²) in [6, 6.07) is 5.98. The van der Waals surface area contributed by atoms with Crippen LogP contribution >= 0.6 is 11.3 Å². The topological polar surface area (TPSA) is 60.3 Å². The maximum absolute atomic E-state index is 12.3. The SMILES string of the molecule is CC[C@@H](C)NC(=O)COC(=O)c1cc(C)n(Cc2cccs2)c1C. The van der Waals surface area contributed by atoms with Gasteiger partial charge in [-0.05, 0) is 44.7 Å². The number of thiophene rings is 1. The fraction of sp³-hybridized carbons (Fsp3) is 0.444. The van der Waals surface area contributed by atoms with Crippen LogP contribution in [0.3, 0.4) is 0 Å².